The minimum atomic E-state index is -0.0506. The summed E-state index contributed by atoms with van der Waals surface area (Å²) >= 11 is 6.31. The maximum Gasteiger partial charge on any atom is 0.256 e. The molecule has 5 heterocycles. The molecule has 172 valence electrons. The number of carbonyl (C=O) groups excluding carboxylic acids is 1. The number of fused-ring (bicyclic) bond motifs is 3. The van der Waals surface area contributed by atoms with Crippen LogP contribution in [0, 0.1) is 11.8 Å². The normalized spacial score (nSPS) is 23.5. The Morgan fingerprint density at radius 3 is 2.79 bits per heavy atom. The number of pyridine rings is 1. The molecule has 1 saturated carbocycles. The van der Waals surface area contributed by atoms with Crippen LogP contribution in [0.15, 0.2) is 55.1 Å². The standard InChI is InChI=1S/C24H23ClN8O/c1-14-15-9-17(10-15)32(21(14)12-27-22-13-28-23-19(31-22)3-2-6-26-23)24(34)18-11-16(25)4-5-20(18)33-29-7-8-30-33/h2-8,11,13-15,17,21H,9-10,12H2,1H3,(H,27,31). The number of nitrogens with one attached hydrogen (secondary N) is 1. The molecule has 2 bridgehead atoms. The quantitative estimate of drug-likeness (QED) is 0.471. The number of rotatable bonds is 5. The molecule has 3 aliphatic rings. The molecule has 34 heavy (non-hydrogen) atoms. The van der Waals surface area contributed by atoms with Crippen LogP contribution in [0.2, 0.25) is 5.02 Å². The molecular weight excluding hydrogens is 452 g/mol. The molecule has 2 atom stereocenters. The topological polar surface area (TPSA) is 102 Å². The van der Waals surface area contributed by atoms with Crippen LogP contribution in [-0.2, 0) is 0 Å². The van der Waals surface area contributed by atoms with E-state index in [1.807, 2.05) is 17.0 Å². The number of carbonyl (C=O) groups is 1. The Kier molecular flexibility index (Phi) is 5.13. The Balaban J connectivity index is 1.30. The molecule has 10 heteroatoms. The maximum atomic E-state index is 14.0. The highest BCUT2D eigenvalue weighted by atomic mass is 35.5. The zero-order valence-corrected chi connectivity index (χ0v) is 19.3. The van der Waals surface area contributed by atoms with Crippen molar-refractivity contribution in [3.05, 3.63) is 65.7 Å². The monoisotopic (exact) mass is 474 g/mol. The van der Waals surface area contributed by atoms with E-state index in [0.717, 1.165) is 18.4 Å². The number of hydrogen-bond donors (Lipinski definition) is 1. The summed E-state index contributed by atoms with van der Waals surface area (Å²) in [7, 11) is 0. The van der Waals surface area contributed by atoms with Gasteiger partial charge in [0.2, 0.25) is 0 Å². The molecular formula is C24H23ClN8O. The molecule has 2 saturated heterocycles. The van der Waals surface area contributed by atoms with Crippen LogP contribution in [0.1, 0.15) is 30.1 Å². The van der Waals surface area contributed by atoms with Gasteiger partial charge in [-0.2, -0.15) is 15.0 Å². The summed E-state index contributed by atoms with van der Waals surface area (Å²) in [6.45, 7) is 2.81. The molecule has 0 radical (unpaired) electrons. The van der Waals surface area contributed by atoms with Gasteiger partial charge in [0, 0.05) is 23.8 Å². The lowest BCUT2D eigenvalue weighted by molar-refractivity contribution is -0.0502. The zero-order chi connectivity index (χ0) is 23.2. The molecule has 2 aliphatic heterocycles. The fraction of sp³-hybridized carbons (Fsp3) is 0.333. The molecule has 1 amide bonds. The molecule has 7 rings (SSSR count). The Labute approximate surface area is 201 Å². The third kappa shape index (κ3) is 3.56. The van der Waals surface area contributed by atoms with Crippen molar-refractivity contribution in [1.82, 2.24) is 34.8 Å². The highest BCUT2D eigenvalue weighted by Gasteiger charge is 2.50. The Morgan fingerprint density at radius 2 is 1.97 bits per heavy atom. The van der Waals surface area contributed by atoms with Gasteiger partial charge in [-0.15, -0.1) is 0 Å². The molecule has 0 spiro atoms. The lowest BCUT2D eigenvalue weighted by atomic mass is 9.64. The van der Waals surface area contributed by atoms with Gasteiger partial charge >= 0.3 is 0 Å². The molecule has 3 fully saturated rings. The molecule has 3 aromatic heterocycles. The average molecular weight is 475 g/mol. The van der Waals surface area contributed by atoms with Crippen LogP contribution < -0.4 is 5.32 Å². The first-order valence-corrected chi connectivity index (χ1v) is 11.8. The van der Waals surface area contributed by atoms with Gasteiger partial charge in [-0.25, -0.2) is 15.0 Å². The highest BCUT2D eigenvalue weighted by molar-refractivity contribution is 6.31. The molecule has 9 nitrogen and oxygen atoms in total. The average Bonchev–Trinajstić information content (AvgIpc) is 3.36. The minimum Gasteiger partial charge on any atom is -0.367 e. The zero-order valence-electron chi connectivity index (χ0n) is 18.5. The SMILES string of the molecule is CC1C2CC(C2)N(C(=O)c2cc(Cl)ccc2-n2nccn2)C1CNc1cnc2ncccc2n1. The second-order valence-corrected chi connectivity index (χ2v) is 9.42. The van der Waals surface area contributed by atoms with Crippen LogP contribution in [0.5, 0.6) is 0 Å². The highest BCUT2D eigenvalue weighted by Crippen LogP contribution is 2.47. The summed E-state index contributed by atoms with van der Waals surface area (Å²) in [6, 6.07) is 9.21. The van der Waals surface area contributed by atoms with Gasteiger partial charge in [-0.05, 0) is 55.0 Å². The number of nitrogens with zero attached hydrogens (tertiary/aromatic N) is 7. The molecule has 1 aromatic carbocycles. The van der Waals surface area contributed by atoms with Crippen LogP contribution >= 0.6 is 11.6 Å². The first kappa shape index (κ1) is 21.0. The van der Waals surface area contributed by atoms with Gasteiger partial charge in [0.15, 0.2) is 5.65 Å². The Morgan fingerprint density at radius 1 is 1.15 bits per heavy atom. The molecule has 1 N–H and O–H groups in total. The van der Waals surface area contributed by atoms with Crippen molar-refractivity contribution in [2.45, 2.75) is 31.8 Å². The number of hydrogen-bond acceptors (Lipinski definition) is 7. The van der Waals surface area contributed by atoms with Gasteiger partial charge in [0.25, 0.3) is 5.91 Å². The van der Waals surface area contributed by atoms with Gasteiger partial charge in [0.1, 0.15) is 11.3 Å². The van der Waals surface area contributed by atoms with E-state index in [-0.39, 0.29) is 18.0 Å². The van der Waals surface area contributed by atoms with Gasteiger partial charge in [0.05, 0.1) is 35.9 Å². The second kappa shape index (κ2) is 8.32. The fourth-order valence-electron chi connectivity index (χ4n) is 5.21. The molecule has 2 unspecified atom stereocenters. The first-order chi connectivity index (χ1) is 16.6. The Bertz CT molecular complexity index is 1350. The predicted octanol–water partition coefficient (Wildman–Crippen LogP) is 3.61. The van der Waals surface area contributed by atoms with E-state index in [9.17, 15) is 4.79 Å². The second-order valence-electron chi connectivity index (χ2n) is 8.99. The summed E-state index contributed by atoms with van der Waals surface area (Å²) in [5, 5.41) is 12.4. The van der Waals surface area contributed by atoms with Crippen molar-refractivity contribution in [2.24, 2.45) is 11.8 Å². The predicted molar refractivity (Wildman–Crippen MR) is 128 cm³/mol. The Hall–Kier alpha value is -3.59. The maximum absolute atomic E-state index is 14.0. The van der Waals surface area contributed by atoms with Crippen molar-refractivity contribution in [3.8, 4) is 5.69 Å². The van der Waals surface area contributed by atoms with Crippen molar-refractivity contribution >= 4 is 34.5 Å². The number of anilines is 1. The lowest BCUT2D eigenvalue weighted by Crippen LogP contribution is -2.64. The van der Waals surface area contributed by atoms with E-state index >= 15 is 0 Å². The number of benzene rings is 1. The number of halogens is 1. The first-order valence-electron chi connectivity index (χ1n) is 11.4. The van der Waals surface area contributed by atoms with Crippen LogP contribution in [0.3, 0.4) is 0 Å². The number of amides is 1. The van der Waals surface area contributed by atoms with E-state index in [2.05, 4.69) is 37.4 Å². The summed E-state index contributed by atoms with van der Waals surface area (Å²) < 4.78 is 0. The third-order valence-corrected chi connectivity index (χ3v) is 7.35. The molecule has 4 aromatic rings. The smallest absolute Gasteiger partial charge is 0.256 e. The summed E-state index contributed by atoms with van der Waals surface area (Å²) in [5.41, 5.74) is 2.46. The van der Waals surface area contributed by atoms with E-state index in [1.54, 1.807) is 43.0 Å². The van der Waals surface area contributed by atoms with Crippen LogP contribution in [-0.4, -0.2) is 59.4 Å². The summed E-state index contributed by atoms with van der Waals surface area (Å²) in [5.74, 6) is 1.59. The van der Waals surface area contributed by atoms with Crippen molar-refractivity contribution in [3.63, 3.8) is 0 Å². The number of aromatic nitrogens is 6. The van der Waals surface area contributed by atoms with Crippen LogP contribution in [0.25, 0.3) is 16.9 Å². The summed E-state index contributed by atoms with van der Waals surface area (Å²) in [4.78, 5) is 30.7. The minimum absolute atomic E-state index is 0.00816. The van der Waals surface area contributed by atoms with E-state index < -0.39 is 0 Å². The van der Waals surface area contributed by atoms with E-state index in [1.165, 1.54) is 4.80 Å². The van der Waals surface area contributed by atoms with Gasteiger partial charge in [-0.3, -0.25) is 4.79 Å². The van der Waals surface area contributed by atoms with Crippen molar-refractivity contribution in [1.29, 1.82) is 0 Å². The number of piperidine rings is 2. The lowest BCUT2D eigenvalue weighted by Gasteiger charge is -2.57. The van der Waals surface area contributed by atoms with Crippen LogP contribution in [0.4, 0.5) is 5.82 Å². The van der Waals surface area contributed by atoms with E-state index in [0.29, 0.717) is 46.1 Å². The largest absolute Gasteiger partial charge is 0.367 e. The van der Waals surface area contributed by atoms with E-state index in [4.69, 9.17) is 11.6 Å². The fourth-order valence-corrected chi connectivity index (χ4v) is 5.38. The van der Waals surface area contributed by atoms with Gasteiger partial charge in [-0.1, -0.05) is 18.5 Å². The van der Waals surface area contributed by atoms with Crippen molar-refractivity contribution in [2.75, 3.05) is 11.9 Å². The van der Waals surface area contributed by atoms with Gasteiger partial charge < -0.3 is 10.2 Å². The summed E-state index contributed by atoms with van der Waals surface area (Å²) in [6.07, 6.45) is 8.63. The van der Waals surface area contributed by atoms with Crippen molar-refractivity contribution < 1.29 is 4.79 Å². The molecule has 1 aliphatic carbocycles. The third-order valence-electron chi connectivity index (χ3n) is 7.12.